The van der Waals surface area contributed by atoms with Crippen molar-refractivity contribution in [1.29, 1.82) is 5.26 Å². The van der Waals surface area contributed by atoms with Gasteiger partial charge in [-0.2, -0.15) is 5.26 Å². The van der Waals surface area contributed by atoms with Gasteiger partial charge >= 0.3 is 5.97 Å². The fourth-order valence-corrected chi connectivity index (χ4v) is 3.05. The topological polar surface area (TPSA) is 112 Å². The first-order valence-electron chi connectivity index (χ1n) is 7.61. The number of nitrogens with one attached hydrogen (secondary N) is 2. The molecule has 0 unspecified atom stereocenters. The molecule has 0 saturated carbocycles. The molecule has 0 aliphatic heterocycles. The molecule has 0 aliphatic rings. The SMILES string of the molecule is C[C@H](OC(=O)c1cc2ccccc2c(=O)[nH]1)C(=O)Nc1sccc1C#N. The van der Waals surface area contributed by atoms with Crippen LogP contribution in [0.2, 0.25) is 0 Å². The predicted octanol–water partition coefficient (Wildman–Crippen LogP) is 2.65. The van der Waals surface area contributed by atoms with Gasteiger partial charge in [-0.25, -0.2) is 4.79 Å². The second-order valence-corrected chi connectivity index (χ2v) is 6.33. The molecule has 2 aromatic heterocycles. The van der Waals surface area contributed by atoms with Crippen molar-refractivity contribution < 1.29 is 14.3 Å². The van der Waals surface area contributed by atoms with Crippen LogP contribution in [0.3, 0.4) is 0 Å². The number of H-pyrrole nitrogens is 1. The lowest BCUT2D eigenvalue weighted by molar-refractivity contribution is -0.123. The molecule has 0 aliphatic carbocycles. The van der Waals surface area contributed by atoms with Gasteiger partial charge in [0.2, 0.25) is 0 Å². The number of carbonyl (C=O) groups excluding carboxylic acids is 2. The number of ether oxygens (including phenoxy) is 1. The Bertz CT molecular complexity index is 1090. The van der Waals surface area contributed by atoms with Crippen molar-refractivity contribution in [1.82, 2.24) is 4.98 Å². The highest BCUT2D eigenvalue weighted by atomic mass is 32.1. The molecule has 8 heteroatoms. The van der Waals surface area contributed by atoms with E-state index >= 15 is 0 Å². The summed E-state index contributed by atoms with van der Waals surface area (Å²) in [6.45, 7) is 1.41. The van der Waals surface area contributed by atoms with Crippen LogP contribution in [0.1, 0.15) is 23.0 Å². The number of carbonyl (C=O) groups is 2. The lowest BCUT2D eigenvalue weighted by Crippen LogP contribution is -2.30. The number of aromatic nitrogens is 1. The average molecular weight is 367 g/mol. The monoisotopic (exact) mass is 367 g/mol. The molecule has 1 aromatic carbocycles. The Balaban J connectivity index is 1.74. The highest BCUT2D eigenvalue weighted by molar-refractivity contribution is 7.14. The molecule has 2 N–H and O–H groups in total. The number of anilines is 1. The minimum absolute atomic E-state index is 0.0396. The van der Waals surface area contributed by atoms with Gasteiger partial charge in [-0.3, -0.25) is 9.59 Å². The van der Waals surface area contributed by atoms with E-state index < -0.39 is 23.5 Å². The van der Waals surface area contributed by atoms with E-state index in [9.17, 15) is 14.4 Å². The molecule has 1 atom stereocenters. The zero-order valence-corrected chi connectivity index (χ0v) is 14.4. The van der Waals surface area contributed by atoms with E-state index in [2.05, 4.69) is 10.3 Å². The fourth-order valence-electron chi connectivity index (χ4n) is 2.31. The third-order valence-corrected chi connectivity index (χ3v) is 4.48. The van der Waals surface area contributed by atoms with Gasteiger partial charge in [0.1, 0.15) is 16.8 Å². The summed E-state index contributed by atoms with van der Waals surface area (Å²) in [6.07, 6.45) is -1.11. The molecule has 1 amide bonds. The number of thiophene rings is 1. The fraction of sp³-hybridized carbons (Fsp3) is 0.111. The quantitative estimate of drug-likeness (QED) is 0.689. The Hall–Kier alpha value is -3.44. The largest absolute Gasteiger partial charge is 0.448 e. The Morgan fingerprint density at radius 1 is 1.31 bits per heavy atom. The Labute approximate surface area is 151 Å². The number of benzene rings is 1. The second kappa shape index (κ2) is 7.21. The molecule has 7 nitrogen and oxygen atoms in total. The van der Waals surface area contributed by atoms with E-state index in [0.717, 1.165) is 0 Å². The number of aromatic amines is 1. The van der Waals surface area contributed by atoms with Crippen LogP contribution in [0.15, 0.2) is 46.6 Å². The van der Waals surface area contributed by atoms with Crippen molar-refractivity contribution in [3.63, 3.8) is 0 Å². The van der Waals surface area contributed by atoms with Crippen molar-refractivity contribution in [2.45, 2.75) is 13.0 Å². The number of fused-ring (bicyclic) bond motifs is 1. The highest BCUT2D eigenvalue weighted by Crippen LogP contribution is 2.22. The number of esters is 1. The smallest absolute Gasteiger partial charge is 0.355 e. The third-order valence-electron chi connectivity index (χ3n) is 3.65. The van der Waals surface area contributed by atoms with Gasteiger partial charge in [0.15, 0.2) is 6.10 Å². The van der Waals surface area contributed by atoms with Crippen molar-refractivity contribution in [3.8, 4) is 6.07 Å². The van der Waals surface area contributed by atoms with Gasteiger partial charge < -0.3 is 15.0 Å². The van der Waals surface area contributed by atoms with Crippen molar-refractivity contribution >= 4 is 39.0 Å². The molecular weight excluding hydrogens is 354 g/mol. The van der Waals surface area contributed by atoms with Crippen LogP contribution in [-0.4, -0.2) is 23.0 Å². The van der Waals surface area contributed by atoms with Gasteiger partial charge in [0.25, 0.3) is 11.5 Å². The molecule has 130 valence electrons. The van der Waals surface area contributed by atoms with Crippen LogP contribution in [0.5, 0.6) is 0 Å². The lowest BCUT2D eigenvalue weighted by Gasteiger charge is -2.13. The Morgan fingerprint density at radius 3 is 2.85 bits per heavy atom. The van der Waals surface area contributed by atoms with Crippen molar-refractivity contribution in [2.75, 3.05) is 5.32 Å². The van der Waals surface area contributed by atoms with Crippen molar-refractivity contribution in [2.24, 2.45) is 0 Å². The summed E-state index contributed by atoms with van der Waals surface area (Å²) in [5.41, 5.74) is -0.118. The van der Waals surface area contributed by atoms with Crippen LogP contribution < -0.4 is 10.9 Å². The lowest BCUT2D eigenvalue weighted by atomic mass is 10.1. The molecule has 3 rings (SSSR count). The molecular formula is C18H13N3O4S. The van der Waals surface area contributed by atoms with Gasteiger partial charge in [0.05, 0.1) is 5.56 Å². The zero-order chi connectivity index (χ0) is 18.7. The number of pyridine rings is 1. The molecule has 26 heavy (non-hydrogen) atoms. The number of hydrogen-bond donors (Lipinski definition) is 2. The summed E-state index contributed by atoms with van der Waals surface area (Å²) in [7, 11) is 0. The van der Waals surface area contributed by atoms with Gasteiger partial charge in [-0.1, -0.05) is 18.2 Å². The van der Waals surface area contributed by atoms with Gasteiger partial charge in [-0.05, 0) is 35.9 Å². The maximum atomic E-state index is 12.3. The number of rotatable bonds is 4. The number of nitrogens with zero attached hydrogens (tertiary/aromatic N) is 1. The predicted molar refractivity (Wildman–Crippen MR) is 97.1 cm³/mol. The second-order valence-electron chi connectivity index (χ2n) is 5.41. The Morgan fingerprint density at radius 2 is 2.08 bits per heavy atom. The van der Waals surface area contributed by atoms with E-state index in [-0.39, 0.29) is 5.69 Å². The van der Waals surface area contributed by atoms with Crippen LogP contribution in [0.4, 0.5) is 5.00 Å². The first-order valence-corrected chi connectivity index (χ1v) is 8.49. The standard InChI is InChI=1S/C18H13N3O4S/c1-10(15(22)21-17-12(9-19)6-7-26-17)25-18(24)14-8-11-4-2-3-5-13(11)16(23)20-14/h2-8,10H,1H3,(H,20,23)(H,21,22)/t10-/m0/s1. The molecule has 0 spiro atoms. The van der Waals surface area contributed by atoms with Crippen LogP contribution in [0, 0.1) is 11.3 Å². The van der Waals surface area contributed by atoms with Crippen LogP contribution >= 0.6 is 11.3 Å². The molecule has 3 aromatic rings. The summed E-state index contributed by atoms with van der Waals surface area (Å²) in [5, 5.41) is 14.6. The minimum Gasteiger partial charge on any atom is -0.448 e. The van der Waals surface area contributed by atoms with Crippen molar-refractivity contribution in [3.05, 3.63) is 63.4 Å². The molecule has 0 fully saturated rings. The van der Waals surface area contributed by atoms with E-state index in [0.29, 0.717) is 21.3 Å². The summed E-state index contributed by atoms with van der Waals surface area (Å²) in [6, 6.07) is 11.9. The van der Waals surface area contributed by atoms with E-state index in [4.69, 9.17) is 10.00 Å². The molecule has 0 radical (unpaired) electrons. The zero-order valence-electron chi connectivity index (χ0n) is 13.6. The Kier molecular flexibility index (Phi) is 4.82. The number of hydrogen-bond acceptors (Lipinski definition) is 6. The number of nitriles is 1. The summed E-state index contributed by atoms with van der Waals surface area (Å²) >= 11 is 1.20. The number of amides is 1. The molecule has 2 heterocycles. The minimum atomic E-state index is -1.11. The van der Waals surface area contributed by atoms with E-state index in [1.165, 1.54) is 24.3 Å². The van der Waals surface area contributed by atoms with Crippen LogP contribution in [-0.2, 0) is 9.53 Å². The summed E-state index contributed by atoms with van der Waals surface area (Å²) in [4.78, 5) is 38.9. The van der Waals surface area contributed by atoms with E-state index in [1.54, 1.807) is 35.7 Å². The molecule has 0 bridgehead atoms. The van der Waals surface area contributed by atoms with Gasteiger partial charge in [-0.15, -0.1) is 11.3 Å². The summed E-state index contributed by atoms with van der Waals surface area (Å²) in [5.74, 6) is -1.39. The van der Waals surface area contributed by atoms with Crippen LogP contribution in [0.25, 0.3) is 10.8 Å². The maximum absolute atomic E-state index is 12.3. The summed E-state index contributed by atoms with van der Waals surface area (Å²) < 4.78 is 5.13. The van der Waals surface area contributed by atoms with E-state index in [1.807, 2.05) is 6.07 Å². The highest BCUT2D eigenvalue weighted by Gasteiger charge is 2.21. The first-order chi connectivity index (χ1) is 12.5. The van der Waals surface area contributed by atoms with Gasteiger partial charge in [0, 0.05) is 5.39 Å². The molecule has 0 saturated heterocycles. The third kappa shape index (κ3) is 3.48. The maximum Gasteiger partial charge on any atom is 0.355 e. The normalized spacial score (nSPS) is 11.5. The first kappa shape index (κ1) is 17.4. The average Bonchev–Trinajstić information content (AvgIpc) is 3.08.